The van der Waals surface area contributed by atoms with Crippen LogP contribution in [0.5, 0.6) is 0 Å². The molecular weight excluding hydrogens is 200 g/mol. The average molecular weight is 208 g/mol. The average Bonchev–Trinajstić information content (AvgIpc) is 2.18. The number of sulfone groups is 1. The summed E-state index contributed by atoms with van der Waals surface area (Å²) >= 11 is 0. The topological polar surface area (TPSA) is 83.9 Å². The highest BCUT2D eigenvalue weighted by atomic mass is 32.2. The van der Waals surface area contributed by atoms with E-state index in [4.69, 9.17) is 11.0 Å². The number of benzene rings is 1. The number of allylic oxidation sites excluding steroid dienone is 1. The highest BCUT2D eigenvalue weighted by molar-refractivity contribution is 7.94. The molecule has 1 aromatic rings. The smallest absolute Gasteiger partial charge is 0.202 e. The molecule has 0 unspecified atom stereocenters. The predicted molar refractivity (Wildman–Crippen MR) is 51.5 cm³/mol. The lowest BCUT2D eigenvalue weighted by molar-refractivity contribution is 0.604. The lowest BCUT2D eigenvalue weighted by Crippen LogP contribution is -2.01. The van der Waals surface area contributed by atoms with Crippen LogP contribution < -0.4 is 5.73 Å². The van der Waals surface area contributed by atoms with Crippen LogP contribution >= 0.6 is 0 Å². The van der Waals surface area contributed by atoms with Gasteiger partial charge in [-0.25, -0.2) is 8.42 Å². The first-order valence-corrected chi connectivity index (χ1v) is 5.28. The standard InChI is InChI=1S/C9H8N2O2S/c10-6-8(11)7-14(12,13)9-4-2-1-3-5-9/h1-5,7H,11H2. The van der Waals surface area contributed by atoms with Crippen molar-refractivity contribution in [3.8, 4) is 6.07 Å². The van der Waals surface area contributed by atoms with E-state index in [9.17, 15) is 8.42 Å². The fourth-order valence-electron chi connectivity index (χ4n) is 0.872. The molecule has 0 amide bonds. The predicted octanol–water partition coefficient (Wildman–Crippen LogP) is 0.784. The second kappa shape index (κ2) is 3.94. The molecular formula is C9H8N2O2S. The highest BCUT2D eigenvalue weighted by Crippen LogP contribution is 2.11. The van der Waals surface area contributed by atoms with Gasteiger partial charge >= 0.3 is 0 Å². The maximum Gasteiger partial charge on any atom is 0.202 e. The van der Waals surface area contributed by atoms with Gasteiger partial charge in [0.15, 0.2) is 0 Å². The van der Waals surface area contributed by atoms with E-state index in [2.05, 4.69) is 0 Å². The number of nitrogens with zero attached hydrogens (tertiary/aromatic N) is 1. The summed E-state index contributed by atoms with van der Waals surface area (Å²) in [7, 11) is -3.58. The molecule has 5 heteroatoms. The first kappa shape index (κ1) is 10.3. The van der Waals surface area contributed by atoms with Gasteiger partial charge in [0.05, 0.1) is 10.3 Å². The molecule has 72 valence electrons. The van der Waals surface area contributed by atoms with E-state index in [1.807, 2.05) is 0 Å². The molecule has 0 aromatic heterocycles. The Hall–Kier alpha value is -1.80. The van der Waals surface area contributed by atoms with Crippen molar-refractivity contribution in [3.05, 3.63) is 41.4 Å². The van der Waals surface area contributed by atoms with E-state index in [0.29, 0.717) is 0 Å². The van der Waals surface area contributed by atoms with Gasteiger partial charge in [0.25, 0.3) is 0 Å². The maximum absolute atomic E-state index is 11.5. The fraction of sp³-hybridized carbons (Fsp3) is 0. The van der Waals surface area contributed by atoms with Gasteiger partial charge in [-0.15, -0.1) is 0 Å². The van der Waals surface area contributed by atoms with E-state index in [0.717, 1.165) is 5.41 Å². The van der Waals surface area contributed by atoms with Crippen molar-refractivity contribution >= 4 is 9.84 Å². The molecule has 0 heterocycles. The van der Waals surface area contributed by atoms with E-state index >= 15 is 0 Å². The van der Waals surface area contributed by atoms with E-state index in [-0.39, 0.29) is 10.6 Å². The van der Waals surface area contributed by atoms with Crippen molar-refractivity contribution in [3.63, 3.8) is 0 Å². The van der Waals surface area contributed by atoms with E-state index < -0.39 is 9.84 Å². The molecule has 0 saturated carbocycles. The summed E-state index contributed by atoms with van der Waals surface area (Å²) in [5.41, 5.74) is 4.79. The third kappa shape index (κ3) is 2.34. The van der Waals surface area contributed by atoms with Crippen molar-refractivity contribution in [2.45, 2.75) is 4.90 Å². The molecule has 0 aliphatic carbocycles. The van der Waals surface area contributed by atoms with Crippen molar-refractivity contribution < 1.29 is 8.42 Å². The minimum Gasteiger partial charge on any atom is -0.390 e. The quantitative estimate of drug-likeness (QED) is 0.728. The van der Waals surface area contributed by atoms with Crippen LogP contribution in [-0.2, 0) is 9.84 Å². The lowest BCUT2D eigenvalue weighted by Gasteiger charge is -1.97. The Balaban J connectivity index is 3.19. The summed E-state index contributed by atoms with van der Waals surface area (Å²) in [6.07, 6.45) is 0. The van der Waals surface area contributed by atoms with E-state index in [1.165, 1.54) is 12.1 Å². The Bertz CT molecular complexity index is 483. The molecule has 1 rings (SSSR count). The Morgan fingerprint density at radius 3 is 2.43 bits per heavy atom. The number of nitriles is 1. The van der Waals surface area contributed by atoms with E-state index in [1.54, 1.807) is 24.3 Å². The molecule has 2 N–H and O–H groups in total. The Morgan fingerprint density at radius 2 is 1.93 bits per heavy atom. The molecule has 1 aromatic carbocycles. The van der Waals surface area contributed by atoms with Crippen LogP contribution in [0.1, 0.15) is 0 Å². The Morgan fingerprint density at radius 1 is 1.36 bits per heavy atom. The van der Waals surface area contributed by atoms with Crippen molar-refractivity contribution in [2.75, 3.05) is 0 Å². The normalized spacial score (nSPS) is 12.1. The second-order valence-electron chi connectivity index (χ2n) is 2.54. The van der Waals surface area contributed by atoms with Gasteiger partial charge in [0, 0.05) is 0 Å². The summed E-state index contributed by atoms with van der Waals surface area (Å²) < 4.78 is 23.0. The van der Waals surface area contributed by atoms with Crippen LogP contribution in [0.4, 0.5) is 0 Å². The third-order valence-corrected chi connectivity index (χ3v) is 2.98. The van der Waals surface area contributed by atoms with Crippen LogP contribution in [0.2, 0.25) is 0 Å². The number of hydrogen-bond donors (Lipinski definition) is 1. The maximum atomic E-state index is 11.5. The Labute approximate surface area is 82.2 Å². The number of hydrogen-bond acceptors (Lipinski definition) is 4. The van der Waals surface area contributed by atoms with Gasteiger partial charge in [-0.3, -0.25) is 0 Å². The van der Waals surface area contributed by atoms with Crippen molar-refractivity contribution in [2.24, 2.45) is 5.73 Å². The number of nitrogens with two attached hydrogens (primary N) is 1. The van der Waals surface area contributed by atoms with Crippen LogP contribution in [0, 0.1) is 11.3 Å². The molecule has 0 aliphatic rings. The molecule has 0 radical (unpaired) electrons. The summed E-state index contributed by atoms with van der Waals surface area (Å²) in [6, 6.07) is 9.34. The number of rotatable bonds is 2. The van der Waals surface area contributed by atoms with Gasteiger partial charge in [-0.05, 0) is 12.1 Å². The summed E-state index contributed by atoms with van der Waals surface area (Å²) in [4.78, 5) is 0.123. The zero-order valence-corrected chi connectivity index (χ0v) is 8.03. The molecule has 14 heavy (non-hydrogen) atoms. The first-order valence-electron chi connectivity index (χ1n) is 3.73. The summed E-state index contributed by atoms with van der Waals surface area (Å²) in [5, 5.41) is 9.09. The molecule has 0 aliphatic heterocycles. The monoisotopic (exact) mass is 208 g/mol. The highest BCUT2D eigenvalue weighted by Gasteiger charge is 2.10. The van der Waals surface area contributed by atoms with Gasteiger partial charge in [-0.1, -0.05) is 18.2 Å². The first-order chi connectivity index (χ1) is 6.56. The van der Waals surface area contributed by atoms with Crippen LogP contribution in [0.3, 0.4) is 0 Å². The summed E-state index contributed by atoms with van der Waals surface area (Å²) in [6.45, 7) is 0. The molecule has 0 bridgehead atoms. The largest absolute Gasteiger partial charge is 0.390 e. The van der Waals surface area contributed by atoms with Crippen LogP contribution in [0.25, 0.3) is 0 Å². The van der Waals surface area contributed by atoms with Gasteiger partial charge in [0.2, 0.25) is 9.84 Å². The minimum absolute atomic E-state index is 0.123. The molecule has 0 spiro atoms. The molecule has 0 saturated heterocycles. The third-order valence-electron chi connectivity index (χ3n) is 1.48. The van der Waals surface area contributed by atoms with Crippen molar-refractivity contribution in [1.82, 2.24) is 0 Å². The zero-order valence-electron chi connectivity index (χ0n) is 7.21. The SMILES string of the molecule is N#CC(N)=CS(=O)(=O)c1ccccc1. The van der Waals surface area contributed by atoms with Crippen LogP contribution in [0.15, 0.2) is 46.3 Å². The van der Waals surface area contributed by atoms with Gasteiger partial charge in [-0.2, -0.15) is 5.26 Å². The lowest BCUT2D eigenvalue weighted by atomic mass is 10.4. The molecule has 4 nitrogen and oxygen atoms in total. The molecule has 0 atom stereocenters. The fourth-order valence-corrected chi connectivity index (χ4v) is 1.93. The van der Waals surface area contributed by atoms with Gasteiger partial charge in [0.1, 0.15) is 11.8 Å². The summed E-state index contributed by atoms with van der Waals surface area (Å²) in [5.74, 6) is 0. The second-order valence-corrected chi connectivity index (χ2v) is 4.34. The minimum atomic E-state index is -3.58. The molecule has 0 fully saturated rings. The van der Waals surface area contributed by atoms with Gasteiger partial charge < -0.3 is 5.73 Å². The Kier molecular flexibility index (Phi) is 2.89. The zero-order chi connectivity index (χ0) is 10.6. The van der Waals surface area contributed by atoms with Crippen LogP contribution in [-0.4, -0.2) is 8.42 Å². The van der Waals surface area contributed by atoms with Crippen molar-refractivity contribution in [1.29, 1.82) is 5.26 Å².